The molecule has 1 aliphatic rings. The van der Waals surface area contributed by atoms with Gasteiger partial charge in [0.1, 0.15) is 6.61 Å². The van der Waals surface area contributed by atoms with Crippen molar-refractivity contribution >= 4 is 61.9 Å². The van der Waals surface area contributed by atoms with Crippen LogP contribution in [0.5, 0.6) is 11.5 Å². The van der Waals surface area contributed by atoms with Gasteiger partial charge in [-0.15, -0.1) is 0 Å². The van der Waals surface area contributed by atoms with Crippen LogP contribution >= 0.6 is 39.9 Å². The maximum Gasteiger partial charge on any atom is 0.270 e. The number of carbonyl (C=O) groups excluding carboxylic acids is 1. The molecule has 8 heteroatoms. The quantitative estimate of drug-likeness (QED) is 0.241. The molecule has 1 fully saturated rings. The van der Waals surface area contributed by atoms with E-state index in [1.54, 1.807) is 18.2 Å². The molecular formula is C26H19BrN2O3S2. The lowest BCUT2D eigenvalue weighted by Gasteiger charge is -2.14. The number of nitrogens with zero attached hydrogens (tertiary/aromatic N) is 2. The lowest BCUT2D eigenvalue weighted by atomic mass is 10.1. The SMILES string of the molecule is CCOc1cc(/C=C2/SC(=S)N(c3ccc(Br)cc3)C2=O)ccc1OCc1ccccc1C#N. The highest BCUT2D eigenvalue weighted by Crippen LogP contribution is 2.37. The Morgan fingerprint density at radius 3 is 2.59 bits per heavy atom. The molecule has 3 aromatic carbocycles. The monoisotopic (exact) mass is 550 g/mol. The van der Waals surface area contributed by atoms with Crippen LogP contribution in [0, 0.1) is 11.3 Å². The molecule has 1 amide bonds. The van der Waals surface area contributed by atoms with Crippen LogP contribution < -0.4 is 14.4 Å². The van der Waals surface area contributed by atoms with Gasteiger partial charge in [-0.3, -0.25) is 9.69 Å². The summed E-state index contributed by atoms with van der Waals surface area (Å²) < 4.78 is 13.2. The summed E-state index contributed by atoms with van der Waals surface area (Å²) in [6, 6.07) is 22.4. The topological polar surface area (TPSA) is 62.6 Å². The third kappa shape index (κ3) is 5.33. The van der Waals surface area contributed by atoms with Gasteiger partial charge in [0, 0.05) is 10.0 Å². The molecule has 170 valence electrons. The summed E-state index contributed by atoms with van der Waals surface area (Å²) in [6.07, 6.45) is 1.80. The Labute approximate surface area is 216 Å². The Balaban J connectivity index is 1.56. The largest absolute Gasteiger partial charge is 0.490 e. The number of hydrogen-bond acceptors (Lipinski definition) is 6. The van der Waals surface area contributed by atoms with Crippen LogP contribution in [0.25, 0.3) is 6.08 Å². The summed E-state index contributed by atoms with van der Waals surface area (Å²) in [7, 11) is 0. The van der Waals surface area contributed by atoms with E-state index in [0.717, 1.165) is 21.3 Å². The summed E-state index contributed by atoms with van der Waals surface area (Å²) in [5.41, 5.74) is 2.90. The fourth-order valence-corrected chi connectivity index (χ4v) is 4.91. The van der Waals surface area contributed by atoms with Crippen molar-refractivity contribution in [3.8, 4) is 17.6 Å². The first-order valence-electron chi connectivity index (χ1n) is 10.4. The Morgan fingerprint density at radius 2 is 1.85 bits per heavy atom. The van der Waals surface area contributed by atoms with Crippen molar-refractivity contribution in [2.45, 2.75) is 13.5 Å². The lowest BCUT2D eigenvalue weighted by Crippen LogP contribution is -2.27. The van der Waals surface area contributed by atoms with Crippen molar-refractivity contribution in [1.82, 2.24) is 0 Å². The van der Waals surface area contributed by atoms with Gasteiger partial charge in [-0.05, 0) is 61.0 Å². The van der Waals surface area contributed by atoms with E-state index in [1.807, 2.05) is 61.5 Å². The fraction of sp³-hybridized carbons (Fsp3) is 0.115. The van der Waals surface area contributed by atoms with Crippen molar-refractivity contribution in [3.05, 3.63) is 92.8 Å². The number of nitriles is 1. The summed E-state index contributed by atoms with van der Waals surface area (Å²) in [4.78, 5) is 15.1. The molecule has 0 N–H and O–H groups in total. The highest BCUT2D eigenvalue weighted by atomic mass is 79.9. The predicted molar refractivity (Wildman–Crippen MR) is 143 cm³/mol. The Morgan fingerprint density at radius 1 is 1.09 bits per heavy atom. The van der Waals surface area contributed by atoms with E-state index in [9.17, 15) is 10.1 Å². The van der Waals surface area contributed by atoms with Gasteiger partial charge in [-0.25, -0.2) is 0 Å². The standard InChI is InChI=1S/C26H19BrN2O3S2/c1-2-31-23-13-17(7-12-22(23)32-16-19-6-4-3-5-18(19)15-28)14-24-25(30)29(26(33)34-24)21-10-8-20(27)9-11-21/h3-14H,2,16H2,1H3/b24-14+. The third-order valence-corrected chi connectivity index (χ3v) is 6.80. The second-order valence-electron chi connectivity index (χ2n) is 7.19. The summed E-state index contributed by atoms with van der Waals surface area (Å²) in [5.74, 6) is 0.965. The van der Waals surface area contributed by atoms with Crippen molar-refractivity contribution in [2.24, 2.45) is 0 Å². The molecule has 0 aromatic heterocycles. The number of anilines is 1. The van der Waals surface area contributed by atoms with Crippen LogP contribution in [0.3, 0.4) is 0 Å². The number of thioether (sulfide) groups is 1. The second kappa shape index (κ2) is 10.9. The average molecular weight is 551 g/mol. The van der Waals surface area contributed by atoms with Crippen molar-refractivity contribution in [1.29, 1.82) is 5.26 Å². The smallest absolute Gasteiger partial charge is 0.270 e. The maximum atomic E-state index is 13.1. The Bertz CT molecular complexity index is 1320. The molecule has 3 aromatic rings. The van der Waals surface area contributed by atoms with E-state index in [-0.39, 0.29) is 12.5 Å². The molecule has 1 saturated heterocycles. The summed E-state index contributed by atoms with van der Waals surface area (Å²) >= 11 is 10.1. The van der Waals surface area contributed by atoms with E-state index in [2.05, 4.69) is 22.0 Å². The molecular weight excluding hydrogens is 532 g/mol. The van der Waals surface area contributed by atoms with Gasteiger partial charge in [0.15, 0.2) is 15.8 Å². The molecule has 0 aliphatic carbocycles. The van der Waals surface area contributed by atoms with Crippen LogP contribution in [-0.2, 0) is 11.4 Å². The van der Waals surface area contributed by atoms with Gasteiger partial charge in [-0.1, -0.05) is 64.2 Å². The average Bonchev–Trinajstić information content (AvgIpc) is 3.12. The molecule has 4 rings (SSSR count). The number of amides is 1. The Kier molecular flexibility index (Phi) is 7.68. The van der Waals surface area contributed by atoms with E-state index < -0.39 is 0 Å². The molecule has 0 bridgehead atoms. The van der Waals surface area contributed by atoms with Gasteiger partial charge < -0.3 is 9.47 Å². The molecule has 0 saturated carbocycles. The number of benzene rings is 3. The first-order chi connectivity index (χ1) is 16.5. The van der Waals surface area contributed by atoms with Crippen LogP contribution in [0.4, 0.5) is 5.69 Å². The lowest BCUT2D eigenvalue weighted by molar-refractivity contribution is -0.113. The van der Waals surface area contributed by atoms with Gasteiger partial charge in [-0.2, -0.15) is 5.26 Å². The highest BCUT2D eigenvalue weighted by Gasteiger charge is 2.33. The maximum absolute atomic E-state index is 13.1. The summed E-state index contributed by atoms with van der Waals surface area (Å²) in [6.45, 7) is 2.60. The summed E-state index contributed by atoms with van der Waals surface area (Å²) in [5, 5.41) is 9.29. The number of hydrogen-bond donors (Lipinski definition) is 0. The molecule has 5 nitrogen and oxygen atoms in total. The van der Waals surface area contributed by atoms with Gasteiger partial charge in [0.2, 0.25) is 0 Å². The van der Waals surface area contributed by atoms with Crippen molar-refractivity contribution in [3.63, 3.8) is 0 Å². The minimum Gasteiger partial charge on any atom is -0.490 e. The van der Waals surface area contributed by atoms with Crippen LogP contribution in [0.15, 0.2) is 76.1 Å². The zero-order chi connectivity index (χ0) is 24.1. The number of thiocarbonyl (C=S) groups is 1. The molecule has 0 radical (unpaired) electrons. The van der Waals surface area contributed by atoms with Crippen LogP contribution in [0.2, 0.25) is 0 Å². The molecule has 0 unspecified atom stereocenters. The number of rotatable bonds is 7. The molecule has 0 atom stereocenters. The van der Waals surface area contributed by atoms with E-state index in [0.29, 0.717) is 32.9 Å². The fourth-order valence-electron chi connectivity index (χ4n) is 3.34. The van der Waals surface area contributed by atoms with E-state index in [1.165, 1.54) is 16.7 Å². The van der Waals surface area contributed by atoms with Crippen molar-refractivity contribution < 1.29 is 14.3 Å². The highest BCUT2D eigenvalue weighted by molar-refractivity contribution is 9.10. The zero-order valence-corrected chi connectivity index (χ0v) is 21.4. The molecule has 1 aliphatic heterocycles. The normalized spacial score (nSPS) is 14.4. The zero-order valence-electron chi connectivity index (χ0n) is 18.2. The first-order valence-corrected chi connectivity index (χ1v) is 12.4. The molecule has 0 spiro atoms. The Hall–Kier alpha value is -3.12. The van der Waals surface area contributed by atoms with Gasteiger partial charge in [0.25, 0.3) is 5.91 Å². The van der Waals surface area contributed by atoms with E-state index >= 15 is 0 Å². The first kappa shape index (κ1) is 24.0. The van der Waals surface area contributed by atoms with Crippen LogP contribution in [0.1, 0.15) is 23.6 Å². The van der Waals surface area contributed by atoms with Crippen LogP contribution in [-0.4, -0.2) is 16.8 Å². The third-order valence-electron chi connectivity index (χ3n) is 4.96. The number of ether oxygens (including phenoxy) is 2. The van der Waals surface area contributed by atoms with Gasteiger partial charge in [0.05, 0.1) is 28.8 Å². The number of halogens is 1. The second-order valence-corrected chi connectivity index (χ2v) is 9.78. The predicted octanol–water partition coefficient (Wildman–Crippen LogP) is 6.70. The van der Waals surface area contributed by atoms with Crippen molar-refractivity contribution in [2.75, 3.05) is 11.5 Å². The molecule has 34 heavy (non-hydrogen) atoms. The molecule has 1 heterocycles. The number of carbonyl (C=O) groups is 1. The van der Waals surface area contributed by atoms with E-state index in [4.69, 9.17) is 21.7 Å². The minimum atomic E-state index is -0.163. The minimum absolute atomic E-state index is 0.163. The van der Waals surface area contributed by atoms with Gasteiger partial charge >= 0.3 is 0 Å².